The van der Waals surface area contributed by atoms with Crippen LogP contribution < -0.4 is 10.1 Å². The Hall–Kier alpha value is -2.88. The first-order valence-electron chi connectivity index (χ1n) is 10.0. The number of rotatable bonds is 10. The van der Waals surface area contributed by atoms with Crippen LogP contribution in [0, 0.1) is 0 Å². The molecule has 29 heavy (non-hydrogen) atoms. The minimum absolute atomic E-state index is 0.200. The summed E-state index contributed by atoms with van der Waals surface area (Å²) in [5, 5.41) is 1.29. The van der Waals surface area contributed by atoms with Crippen molar-refractivity contribution in [3.05, 3.63) is 110 Å². The third-order valence-electron chi connectivity index (χ3n) is 4.96. The van der Waals surface area contributed by atoms with Crippen molar-refractivity contribution in [3.63, 3.8) is 0 Å². The maximum absolute atomic E-state index is 6.35. The number of anilines is 3. The molecule has 3 heteroatoms. The minimum atomic E-state index is -0.836. The second kappa shape index (κ2) is 10.1. The van der Waals surface area contributed by atoms with Crippen LogP contribution in [0.5, 0.6) is 0 Å². The number of nitrogens with zero attached hydrogens (tertiary/aromatic N) is 1. The van der Waals surface area contributed by atoms with Crippen LogP contribution in [0.2, 0.25) is 0 Å². The van der Waals surface area contributed by atoms with Crippen LogP contribution in [-0.2, 0) is 4.43 Å². The molecule has 0 aliphatic rings. The van der Waals surface area contributed by atoms with Gasteiger partial charge in [-0.3, -0.25) is 0 Å². The van der Waals surface area contributed by atoms with Crippen LogP contribution in [-0.4, -0.2) is 15.4 Å². The second-order valence-corrected chi connectivity index (χ2v) is 8.79. The fourth-order valence-corrected chi connectivity index (χ4v) is 4.59. The molecule has 3 aromatic carbocycles. The van der Waals surface area contributed by atoms with Gasteiger partial charge in [0.15, 0.2) is 9.76 Å². The van der Waals surface area contributed by atoms with E-state index < -0.39 is 9.76 Å². The summed E-state index contributed by atoms with van der Waals surface area (Å²) in [5.41, 5.74) is 3.23. The highest BCUT2D eigenvalue weighted by molar-refractivity contribution is 6.47. The van der Waals surface area contributed by atoms with Gasteiger partial charge < -0.3 is 9.33 Å². The van der Waals surface area contributed by atoms with Crippen molar-refractivity contribution in [3.8, 4) is 0 Å². The zero-order chi connectivity index (χ0) is 20.5. The van der Waals surface area contributed by atoms with E-state index in [4.69, 9.17) is 4.43 Å². The van der Waals surface area contributed by atoms with E-state index in [1.54, 1.807) is 0 Å². The topological polar surface area (TPSA) is 12.5 Å². The third kappa shape index (κ3) is 5.56. The SMILES string of the molecule is C=CCC(C)(CC=C)O[SiH2]c1ccc(N(c2ccccc2)c2ccccc2)cc1. The van der Waals surface area contributed by atoms with Gasteiger partial charge in [-0.2, -0.15) is 0 Å². The molecule has 0 bridgehead atoms. The molecule has 0 fully saturated rings. The van der Waals surface area contributed by atoms with E-state index in [1.807, 2.05) is 24.3 Å². The van der Waals surface area contributed by atoms with Crippen molar-refractivity contribution in [1.82, 2.24) is 0 Å². The highest BCUT2D eigenvalue weighted by Gasteiger charge is 2.21. The van der Waals surface area contributed by atoms with Crippen molar-refractivity contribution >= 4 is 32.0 Å². The van der Waals surface area contributed by atoms with E-state index in [1.165, 1.54) is 5.19 Å². The standard InChI is InChI=1S/C26H29NOSi/c1-4-20-26(3,21-5-2)28-29-25-18-16-24(17-19-25)27(22-12-8-6-9-13-22)23-14-10-7-11-15-23/h4-19H,1-2,20-21,29H2,3H3. The van der Waals surface area contributed by atoms with E-state index >= 15 is 0 Å². The highest BCUT2D eigenvalue weighted by atomic mass is 28.2. The van der Waals surface area contributed by atoms with Gasteiger partial charge in [0, 0.05) is 17.1 Å². The Bertz CT molecular complexity index is 857. The van der Waals surface area contributed by atoms with Gasteiger partial charge in [-0.05, 0) is 61.4 Å². The van der Waals surface area contributed by atoms with Gasteiger partial charge in [0.05, 0.1) is 5.60 Å². The quantitative estimate of drug-likeness (QED) is 0.316. The Labute approximate surface area is 177 Å². The lowest BCUT2D eigenvalue weighted by molar-refractivity contribution is 0.104. The van der Waals surface area contributed by atoms with E-state index in [9.17, 15) is 0 Å². The molecule has 0 aliphatic heterocycles. The largest absolute Gasteiger partial charge is 0.413 e. The predicted molar refractivity (Wildman–Crippen MR) is 128 cm³/mol. The molecule has 0 aliphatic carbocycles. The van der Waals surface area contributed by atoms with Gasteiger partial charge in [0.1, 0.15) is 0 Å². The van der Waals surface area contributed by atoms with Gasteiger partial charge >= 0.3 is 0 Å². The normalized spacial score (nSPS) is 11.5. The molecule has 0 saturated heterocycles. The molecule has 2 nitrogen and oxygen atoms in total. The fourth-order valence-electron chi connectivity index (χ4n) is 3.41. The van der Waals surface area contributed by atoms with Gasteiger partial charge in [-0.1, -0.05) is 60.7 Å². The van der Waals surface area contributed by atoms with Crippen LogP contribution in [0.4, 0.5) is 17.1 Å². The summed E-state index contributed by atoms with van der Waals surface area (Å²) in [6.45, 7) is 9.88. The Morgan fingerprint density at radius 1 is 0.759 bits per heavy atom. The van der Waals surface area contributed by atoms with Crippen molar-refractivity contribution in [1.29, 1.82) is 0 Å². The van der Waals surface area contributed by atoms with Gasteiger partial charge in [0.25, 0.3) is 0 Å². The lowest BCUT2D eigenvalue weighted by atomic mass is 9.99. The molecule has 148 valence electrons. The fraction of sp³-hybridized carbons (Fsp3) is 0.154. The molecule has 0 spiro atoms. The van der Waals surface area contributed by atoms with Crippen LogP contribution in [0.1, 0.15) is 19.8 Å². The predicted octanol–water partition coefficient (Wildman–Crippen LogP) is 5.79. The molecule has 3 aromatic rings. The number of hydrogen-bond acceptors (Lipinski definition) is 2. The summed E-state index contributed by atoms with van der Waals surface area (Å²) < 4.78 is 6.35. The van der Waals surface area contributed by atoms with Gasteiger partial charge in [-0.25, -0.2) is 0 Å². The number of para-hydroxylation sites is 2. The maximum Gasteiger partial charge on any atom is 0.193 e. The van der Waals surface area contributed by atoms with E-state index in [-0.39, 0.29) is 5.60 Å². The second-order valence-electron chi connectivity index (χ2n) is 7.40. The van der Waals surface area contributed by atoms with Crippen molar-refractivity contribution in [2.75, 3.05) is 4.90 Å². The molecule has 0 radical (unpaired) electrons. The van der Waals surface area contributed by atoms with Crippen LogP contribution in [0.25, 0.3) is 0 Å². The summed E-state index contributed by atoms with van der Waals surface area (Å²) >= 11 is 0. The van der Waals surface area contributed by atoms with Crippen molar-refractivity contribution < 1.29 is 4.43 Å². The molecular formula is C26H29NOSi. The monoisotopic (exact) mass is 399 g/mol. The third-order valence-corrected chi connectivity index (χ3v) is 6.61. The first-order valence-corrected chi connectivity index (χ1v) is 11.3. The summed E-state index contributed by atoms with van der Waals surface area (Å²) in [6.07, 6.45) is 5.52. The minimum Gasteiger partial charge on any atom is -0.413 e. The summed E-state index contributed by atoms with van der Waals surface area (Å²) in [7, 11) is -0.836. The van der Waals surface area contributed by atoms with E-state index in [2.05, 4.69) is 97.8 Å². The van der Waals surface area contributed by atoms with Crippen LogP contribution in [0.15, 0.2) is 110 Å². The molecule has 0 aromatic heterocycles. The molecule has 0 unspecified atom stereocenters. The highest BCUT2D eigenvalue weighted by Crippen LogP contribution is 2.33. The lowest BCUT2D eigenvalue weighted by Gasteiger charge is -2.28. The zero-order valence-corrected chi connectivity index (χ0v) is 18.5. The zero-order valence-electron chi connectivity index (χ0n) is 17.1. The Morgan fingerprint density at radius 3 is 1.66 bits per heavy atom. The number of benzene rings is 3. The molecule has 0 N–H and O–H groups in total. The molecular weight excluding hydrogens is 370 g/mol. The molecule has 0 amide bonds. The molecule has 0 heterocycles. The molecule has 0 atom stereocenters. The van der Waals surface area contributed by atoms with Crippen LogP contribution >= 0.6 is 0 Å². The van der Waals surface area contributed by atoms with Gasteiger partial charge in [0.2, 0.25) is 0 Å². The molecule has 3 rings (SSSR count). The first kappa shape index (κ1) is 20.8. The van der Waals surface area contributed by atoms with Crippen molar-refractivity contribution in [2.45, 2.75) is 25.4 Å². The van der Waals surface area contributed by atoms with Gasteiger partial charge in [-0.15, -0.1) is 13.2 Å². The van der Waals surface area contributed by atoms with Crippen LogP contribution in [0.3, 0.4) is 0 Å². The first-order chi connectivity index (χ1) is 14.1. The molecule has 0 saturated carbocycles. The Balaban J connectivity index is 1.81. The Morgan fingerprint density at radius 2 is 1.21 bits per heavy atom. The summed E-state index contributed by atoms with van der Waals surface area (Å²) in [5.74, 6) is 0. The van der Waals surface area contributed by atoms with Crippen molar-refractivity contribution in [2.24, 2.45) is 0 Å². The smallest absolute Gasteiger partial charge is 0.193 e. The lowest BCUT2D eigenvalue weighted by Crippen LogP contribution is -2.33. The van der Waals surface area contributed by atoms with E-state index in [0.29, 0.717) is 0 Å². The average Bonchev–Trinajstić information content (AvgIpc) is 2.75. The average molecular weight is 400 g/mol. The maximum atomic E-state index is 6.35. The number of hydrogen-bond donors (Lipinski definition) is 0. The summed E-state index contributed by atoms with van der Waals surface area (Å²) in [6, 6.07) is 29.7. The van der Waals surface area contributed by atoms with E-state index in [0.717, 1.165) is 29.9 Å². The Kier molecular flexibility index (Phi) is 7.23. The summed E-state index contributed by atoms with van der Waals surface area (Å²) in [4.78, 5) is 2.27.